The van der Waals surface area contributed by atoms with E-state index in [2.05, 4.69) is 30.5 Å². The number of aryl methyl sites for hydroxylation is 2. The number of aromatic nitrogens is 7. The van der Waals surface area contributed by atoms with Crippen LogP contribution in [0.3, 0.4) is 0 Å². The van der Waals surface area contributed by atoms with Gasteiger partial charge in [-0.05, 0) is 18.4 Å². The van der Waals surface area contributed by atoms with E-state index in [0.29, 0.717) is 5.78 Å². The Bertz CT molecular complexity index is 583. The summed E-state index contributed by atoms with van der Waals surface area (Å²) in [5.41, 5.74) is 2.04. The zero-order chi connectivity index (χ0) is 10.8. The molecule has 0 fully saturated rings. The molecule has 16 heavy (non-hydrogen) atoms. The molecule has 0 bridgehead atoms. The quantitative estimate of drug-likeness (QED) is 0.666. The fourth-order valence-electron chi connectivity index (χ4n) is 1.51. The number of nitrogens with one attached hydrogen (secondary N) is 1. The average Bonchev–Trinajstić information content (AvgIpc) is 2.97. The van der Waals surface area contributed by atoms with Crippen LogP contribution in [0.5, 0.6) is 0 Å². The SMILES string of the molecule is c1nc2ncc(CCc3cn[nH]n3)cn2n1. The van der Waals surface area contributed by atoms with Crippen LogP contribution < -0.4 is 0 Å². The Kier molecular flexibility index (Phi) is 2.06. The zero-order valence-electron chi connectivity index (χ0n) is 8.41. The summed E-state index contributed by atoms with van der Waals surface area (Å²) < 4.78 is 1.66. The third-order valence-electron chi connectivity index (χ3n) is 2.32. The van der Waals surface area contributed by atoms with Crippen LogP contribution in [0.25, 0.3) is 5.78 Å². The molecule has 0 atom stereocenters. The molecule has 0 saturated carbocycles. The number of rotatable bonds is 3. The number of H-pyrrole nitrogens is 1. The minimum Gasteiger partial charge on any atom is -0.219 e. The van der Waals surface area contributed by atoms with Crippen molar-refractivity contribution in [3.8, 4) is 0 Å². The van der Waals surface area contributed by atoms with Gasteiger partial charge >= 0.3 is 0 Å². The van der Waals surface area contributed by atoms with Gasteiger partial charge in [0.15, 0.2) is 0 Å². The van der Waals surface area contributed by atoms with E-state index in [1.165, 1.54) is 6.33 Å². The minimum atomic E-state index is 0.616. The van der Waals surface area contributed by atoms with Crippen molar-refractivity contribution in [2.24, 2.45) is 0 Å². The van der Waals surface area contributed by atoms with Crippen LogP contribution >= 0.6 is 0 Å². The standard InChI is InChI=1S/C9H9N7/c1(2-8-4-12-15-14-8)7-3-10-9-11-6-13-16(9)5-7/h3-6H,1-2H2,(H,12,14,15). The second-order valence-electron chi connectivity index (χ2n) is 3.43. The first-order valence-electron chi connectivity index (χ1n) is 4.91. The number of nitrogens with zero attached hydrogens (tertiary/aromatic N) is 6. The van der Waals surface area contributed by atoms with Crippen molar-refractivity contribution in [1.82, 2.24) is 35.0 Å². The predicted octanol–water partition coefficient (Wildman–Crippen LogP) is 0.0276. The van der Waals surface area contributed by atoms with Crippen LogP contribution in [0.4, 0.5) is 0 Å². The Morgan fingerprint density at radius 1 is 1.19 bits per heavy atom. The highest BCUT2D eigenvalue weighted by Crippen LogP contribution is 2.03. The molecule has 3 heterocycles. The minimum absolute atomic E-state index is 0.616. The van der Waals surface area contributed by atoms with Crippen molar-refractivity contribution < 1.29 is 0 Å². The lowest BCUT2D eigenvalue weighted by Gasteiger charge is -1.98. The fraction of sp³-hybridized carbons (Fsp3) is 0.222. The summed E-state index contributed by atoms with van der Waals surface area (Å²) in [6.07, 6.45) is 8.64. The van der Waals surface area contributed by atoms with Crippen LogP contribution in [-0.2, 0) is 12.8 Å². The fourth-order valence-corrected chi connectivity index (χ4v) is 1.51. The van der Waals surface area contributed by atoms with E-state index in [9.17, 15) is 0 Å². The molecule has 3 aromatic rings. The highest BCUT2D eigenvalue weighted by Gasteiger charge is 2.01. The highest BCUT2D eigenvalue weighted by atomic mass is 15.3. The van der Waals surface area contributed by atoms with Crippen LogP contribution in [0.15, 0.2) is 24.9 Å². The van der Waals surface area contributed by atoms with Crippen LogP contribution in [0.1, 0.15) is 11.3 Å². The van der Waals surface area contributed by atoms with Gasteiger partial charge in [0.1, 0.15) is 6.33 Å². The molecule has 0 spiro atoms. The second-order valence-corrected chi connectivity index (χ2v) is 3.43. The molecule has 0 saturated heterocycles. The van der Waals surface area contributed by atoms with Crippen LogP contribution in [0, 0.1) is 0 Å². The Labute approximate surface area is 90.5 Å². The molecule has 1 N–H and O–H groups in total. The van der Waals surface area contributed by atoms with Gasteiger partial charge in [0.05, 0.1) is 11.9 Å². The highest BCUT2D eigenvalue weighted by molar-refractivity contribution is 5.25. The molecule has 0 unspecified atom stereocenters. The largest absolute Gasteiger partial charge is 0.252 e. The van der Waals surface area contributed by atoms with E-state index < -0.39 is 0 Å². The summed E-state index contributed by atoms with van der Waals surface area (Å²) >= 11 is 0. The van der Waals surface area contributed by atoms with E-state index in [1.54, 1.807) is 10.7 Å². The van der Waals surface area contributed by atoms with Gasteiger partial charge in [0, 0.05) is 12.4 Å². The molecular weight excluding hydrogens is 206 g/mol. The normalized spacial score (nSPS) is 11.0. The van der Waals surface area contributed by atoms with Crippen molar-refractivity contribution in [1.29, 1.82) is 0 Å². The number of aromatic amines is 1. The molecule has 0 amide bonds. The van der Waals surface area contributed by atoms with E-state index in [1.807, 2.05) is 12.4 Å². The van der Waals surface area contributed by atoms with E-state index in [-0.39, 0.29) is 0 Å². The molecular formula is C9H9N7. The van der Waals surface area contributed by atoms with Crippen LogP contribution in [-0.4, -0.2) is 35.0 Å². The monoisotopic (exact) mass is 215 g/mol. The number of hydrogen-bond donors (Lipinski definition) is 1. The van der Waals surface area contributed by atoms with Gasteiger partial charge in [-0.2, -0.15) is 25.5 Å². The molecule has 7 heteroatoms. The maximum Gasteiger partial charge on any atom is 0.252 e. The topological polar surface area (TPSA) is 84.6 Å². The maximum atomic E-state index is 4.19. The zero-order valence-corrected chi connectivity index (χ0v) is 8.41. The summed E-state index contributed by atoms with van der Waals surface area (Å²) in [4.78, 5) is 8.17. The second kappa shape index (κ2) is 3.69. The molecule has 0 radical (unpaired) electrons. The van der Waals surface area contributed by atoms with Gasteiger partial charge in [-0.3, -0.25) is 0 Å². The van der Waals surface area contributed by atoms with Crippen molar-refractivity contribution in [2.75, 3.05) is 0 Å². The lowest BCUT2D eigenvalue weighted by Crippen LogP contribution is -1.97. The van der Waals surface area contributed by atoms with Gasteiger partial charge < -0.3 is 0 Å². The molecule has 7 nitrogen and oxygen atoms in total. The summed E-state index contributed by atoms with van der Waals surface area (Å²) in [6.45, 7) is 0. The molecule has 0 aliphatic carbocycles. The van der Waals surface area contributed by atoms with Crippen molar-refractivity contribution >= 4 is 5.78 Å². The van der Waals surface area contributed by atoms with Crippen molar-refractivity contribution in [3.05, 3.63) is 36.2 Å². The Morgan fingerprint density at radius 3 is 3.06 bits per heavy atom. The number of fused-ring (bicyclic) bond motifs is 1. The first-order valence-corrected chi connectivity index (χ1v) is 4.91. The van der Waals surface area contributed by atoms with Gasteiger partial charge in [-0.25, -0.2) is 9.50 Å². The average molecular weight is 215 g/mol. The van der Waals surface area contributed by atoms with Gasteiger partial charge in [-0.1, -0.05) is 0 Å². The summed E-state index contributed by atoms with van der Waals surface area (Å²) in [6, 6.07) is 0. The molecule has 0 aromatic carbocycles. The Morgan fingerprint density at radius 2 is 2.19 bits per heavy atom. The van der Waals surface area contributed by atoms with Gasteiger partial charge in [0.25, 0.3) is 5.78 Å². The van der Waals surface area contributed by atoms with Gasteiger partial charge in [0.2, 0.25) is 0 Å². The number of hydrogen-bond acceptors (Lipinski definition) is 5. The first-order chi connectivity index (χ1) is 7.92. The smallest absolute Gasteiger partial charge is 0.219 e. The predicted molar refractivity (Wildman–Crippen MR) is 54.6 cm³/mol. The lowest BCUT2D eigenvalue weighted by atomic mass is 10.1. The summed E-state index contributed by atoms with van der Waals surface area (Å²) in [5, 5.41) is 14.4. The van der Waals surface area contributed by atoms with E-state index in [0.717, 1.165) is 24.1 Å². The molecule has 0 aliphatic rings. The van der Waals surface area contributed by atoms with Gasteiger partial charge in [-0.15, -0.1) is 0 Å². The molecule has 3 rings (SSSR count). The lowest BCUT2D eigenvalue weighted by molar-refractivity contribution is 0.847. The molecule has 3 aromatic heterocycles. The van der Waals surface area contributed by atoms with E-state index >= 15 is 0 Å². The third-order valence-corrected chi connectivity index (χ3v) is 2.32. The molecule has 0 aliphatic heterocycles. The van der Waals surface area contributed by atoms with Crippen molar-refractivity contribution in [2.45, 2.75) is 12.8 Å². The summed E-state index contributed by atoms with van der Waals surface area (Å²) in [7, 11) is 0. The van der Waals surface area contributed by atoms with Crippen molar-refractivity contribution in [3.63, 3.8) is 0 Å². The molecule has 80 valence electrons. The Balaban J connectivity index is 1.78. The maximum absolute atomic E-state index is 4.19. The third kappa shape index (κ3) is 1.62. The summed E-state index contributed by atoms with van der Waals surface area (Å²) in [5.74, 6) is 0.616. The first kappa shape index (κ1) is 8.96. The van der Waals surface area contributed by atoms with E-state index in [4.69, 9.17) is 0 Å². The Hall–Kier alpha value is -2.31. The van der Waals surface area contributed by atoms with Crippen LogP contribution in [0.2, 0.25) is 0 Å².